The first kappa shape index (κ1) is 15.1. The average Bonchev–Trinajstić information content (AvgIpc) is 2.26. The predicted molar refractivity (Wildman–Crippen MR) is 68.4 cm³/mol. The number of ether oxygens (including phenoxy) is 1. The van der Waals surface area contributed by atoms with E-state index in [0.29, 0.717) is 0 Å². The molecular weight excluding hydrogens is 226 g/mol. The van der Waals surface area contributed by atoms with Gasteiger partial charge in [-0.1, -0.05) is 19.8 Å². The van der Waals surface area contributed by atoms with Crippen LogP contribution >= 0.6 is 12.4 Å². The molecule has 3 nitrogen and oxygen atoms in total. The summed E-state index contributed by atoms with van der Waals surface area (Å²) >= 11 is 0. The molecule has 0 aromatic heterocycles. The van der Waals surface area contributed by atoms with Gasteiger partial charge in [-0.3, -0.25) is 0 Å². The number of benzene rings is 1. The van der Waals surface area contributed by atoms with Crippen LogP contribution in [0.15, 0.2) is 18.2 Å². The molecule has 16 heavy (non-hydrogen) atoms. The molecule has 0 aliphatic carbocycles. The number of hydrogen-bond acceptors (Lipinski definition) is 3. The van der Waals surface area contributed by atoms with Crippen molar-refractivity contribution in [3.8, 4) is 11.5 Å². The lowest BCUT2D eigenvalue weighted by atomic mass is 10.0. The number of methoxy groups -OCH3 is 1. The molecule has 0 unspecified atom stereocenters. The van der Waals surface area contributed by atoms with Gasteiger partial charge in [0.15, 0.2) is 0 Å². The van der Waals surface area contributed by atoms with E-state index >= 15 is 0 Å². The van der Waals surface area contributed by atoms with Crippen LogP contribution in [-0.2, 0) is 0 Å². The molecule has 1 rings (SSSR count). The zero-order valence-corrected chi connectivity index (χ0v) is 10.6. The fraction of sp³-hybridized carbons (Fsp3) is 0.500. The van der Waals surface area contributed by atoms with Crippen LogP contribution in [0.4, 0.5) is 0 Å². The maximum Gasteiger partial charge on any atom is 0.120 e. The highest BCUT2D eigenvalue weighted by molar-refractivity contribution is 5.85. The monoisotopic (exact) mass is 245 g/mol. The lowest BCUT2D eigenvalue weighted by Crippen LogP contribution is -2.10. The summed E-state index contributed by atoms with van der Waals surface area (Å²) in [5, 5.41) is 9.66. The van der Waals surface area contributed by atoms with Gasteiger partial charge in [0.1, 0.15) is 11.5 Å². The summed E-state index contributed by atoms with van der Waals surface area (Å²) in [6.07, 6.45) is 3.06. The average molecular weight is 246 g/mol. The zero-order chi connectivity index (χ0) is 11.3. The van der Waals surface area contributed by atoms with Gasteiger partial charge in [-0.25, -0.2) is 0 Å². The Morgan fingerprint density at radius 2 is 2.12 bits per heavy atom. The fourth-order valence-corrected chi connectivity index (χ4v) is 1.54. The van der Waals surface area contributed by atoms with Gasteiger partial charge >= 0.3 is 0 Å². The Kier molecular flexibility index (Phi) is 6.93. The third-order valence-corrected chi connectivity index (χ3v) is 2.50. The largest absolute Gasteiger partial charge is 0.508 e. The molecular formula is C12H20ClNO2. The van der Waals surface area contributed by atoms with Gasteiger partial charge < -0.3 is 15.6 Å². The van der Waals surface area contributed by atoms with E-state index < -0.39 is 0 Å². The van der Waals surface area contributed by atoms with E-state index in [2.05, 4.69) is 6.92 Å². The Morgan fingerprint density at radius 1 is 1.44 bits per heavy atom. The standard InChI is InChI=1S/C12H19NO2.ClH/c1-3-4-5-11(13)10-8-9(15-2)6-7-12(10)14;/h6-8,11,14H,3-5,13H2,1-2H3;1H/t11-;/m1./s1. The molecule has 92 valence electrons. The van der Waals surface area contributed by atoms with E-state index in [9.17, 15) is 5.11 Å². The van der Waals surface area contributed by atoms with Crippen molar-refractivity contribution in [1.82, 2.24) is 0 Å². The molecule has 4 heteroatoms. The Balaban J connectivity index is 0.00000225. The summed E-state index contributed by atoms with van der Waals surface area (Å²) in [5.74, 6) is 0.981. The number of rotatable bonds is 5. The molecule has 0 amide bonds. The lowest BCUT2D eigenvalue weighted by molar-refractivity contribution is 0.408. The third kappa shape index (κ3) is 3.91. The van der Waals surface area contributed by atoms with Gasteiger partial charge in [0.25, 0.3) is 0 Å². The minimum atomic E-state index is -0.111. The van der Waals surface area contributed by atoms with Crippen LogP contribution in [0.1, 0.15) is 37.8 Å². The van der Waals surface area contributed by atoms with Gasteiger partial charge in [-0.2, -0.15) is 0 Å². The zero-order valence-electron chi connectivity index (χ0n) is 9.77. The minimum absolute atomic E-state index is 0. The van der Waals surface area contributed by atoms with Crippen molar-refractivity contribution in [2.24, 2.45) is 5.73 Å². The van der Waals surface area contributed by atoms with Crippen LogP contribution in [0.5, 0.6) is 11.5 Å². The number of halogens is 1. The van der Waals surface area contributed by atoms with Gasteiger partial charge in [-0.15, -0.1) is 12.4 Å². The van der Waals surface area contributed by atoms with Crippen molar-refractivity contribution in [3.63, 3.8) is 0 Å². The number of unbranched alkanes of at least 4 members (excludes halogenated alkanes) is 1. The molecule has 3 N–H and O–H groups in total. The molecule has 0 saturated heterocycles. The summed E-state index contributed by atoms with van der Waals surface area (Å²) in [6, 6.07) is 5.04. The SMILES string of the molecule is CCCC[C@@H](N)c1cc(OC)ccc1O.Cl. The number of aromatic hydroxyl groups is 1. The Bertz CT molecular complexity index is 318. The van der Waals surface area contributed by atoms with Crippen molar-refractivity contribution in [1.29, 1.82) is 0 Å². The first-order valence-electron chi connectivity index (χ1n) is 5.31. The van der Waals surface area contributed by atoms with E-state index in [0.717, 1.165) is 30.6 Å². The summed E-state index contributed by atoms with van der Waals surface area (Å²) in [5.41, 5.74) is 6.76. The topological polar surface area (TPSA) is 55.5 Å². The first-order valence-corrected chi connectivity index (χ1v) is 5.31. The lowest BCUT2D eigenvalue weighted by Gasteiger charge is -2.14. The van der Waals surface area contributed by atoms with E-state index in [1.54, 1.807) is 25.3 Å². The summed E-state index contributed by atoms with van der Waals surface area (Å²) < 4.78 is 5.10. The normalized spacial score (nSPS) is 11.7. The molecule has 1 aromatic carbocycles. The summed E-state index contributed by atoms with van der Waals surface area (Å²) in [4.78, 5) is 0. The van der Waals surface area contributed by atoms with Crippen LogP contribution in [-0.4, -0.2) is 12.2 Å². The van der Waals surface area contributed by atoms with Crippen molar-refractivity contribution < 1.29 is 9.84 Å². The maximum atomic E-state index is 9.66. The highest BCUT2D eigenvalue weighted by Crippen LogP contribution is 2.29. The molecule has 1 aromatic rings. The van der Waals surface area contributed by atoms with Crippen molar-refractivity contribution >= 4 is 12.4 Å². The van der Waals surface area contributed by atoms with Gasteiger partial charge in [-0.05, 0) is 24.6 Å². The first-order chi connectivity index (χ1) is 7.19. The van der Waals surface area contributed by atoms with Crippen LogP contribution < -0.4 is 10.5 Å². The van der Waals surface area contributed by atoms with Crippen molar-refractivity contribution in [3.05, 3.63) is 23.8 Å². The second-order valence-electron chi connectivity index (χ2n) is 3.67. The van der Waals surface area contributed by atoms with Gasteiger partial charge in [0, 0.05) is 11.6 Å². The summed E-state index contributed by atoms with van der Waals surface area (Å²) in [6.45, 7) is 2.12. The molecule has 0 fully saturated rings. The molecule has 0 saturated carbocycles. The molecule has 1 atom stereocenters. The fourth-order valence-electron chi connectivity index (χ4n) is 1.54. The van der Waals surface area contributed by atoms with E-state index in [1.165, 1.54) is 0 Å². The van der Waals surface area contributed by atoms with E-state index in [4.69, 9.17) is 10.5 Å². The number of phenols is 1. The smallest absolute Gasteiger partial charge is 0.120 e. The second kappa shape index (κ2) is 7.36. The Labute approximate surface area is 103 Å². The molecule has 0 radical (unpaired) electrons. The van der Waals surface area contributed by atoms with Gasteiger partial charge in [0.2, 0.25) is 0 Å². The Hall–Kier alpha value is -0.930. The maximum absolute atomic E-state index is 9.66. The van der Waals surface area contributed by atoms with Gasteiger partial charge in [0.05, 0.1) is 7.11 Å². The Morgan fingerprint density at radius 3 is 2.69 bits per heavy atom. The molecule has 0 bridgehead atoms. The molecule has 0 spiro atoms. The summed E-state index contributed by atoms with van der Waals surface area (Å²) in [7, 11) is 1.60. The third-order valence-electron chi connectivity index (χ3n) is 2.50. The van der Waals surface area contributed by atoms with Crippen LogP contribution in [0, 0.1) is 0 Å². The molecule has 0 aliphatic rings. The van der Waals surface area contributed by atoms with E-state index in [-0.39, 0.29) is 24.2 Å². The van der Waals surface area contributed by atoms with Crippen LogP contribution in [0.2, 0.25) is 0 Å². The number of phenolic OH excluding ortho intramolecular Hbond substituents is 1. The molecule has 0 heterocycles. The second-order valence-corrected chi connectivity index (χ2v) is 3.67. The molecule has 0 aliphatic heterocycles. The highest BCUT2D eigenvalue weighted by Gasteiger charge is 2.11. The van der Waals surface area contributed by atoms with Crippen LogP contribution in [0.25, 0.3) is 0 Å². The van der Waals surface area contributed by atoms with Crippen molar-refractivity contribution in [2.75, 3.05) is 7.11 Å². The quantitative estimate of drug-likeness (QED) is 0.839. The number of hydrogen-bond donors (Lipinski definition) is 2. The number of nitrogens with two attached hydrogens (primary N) is 1. The van der Waals surface area contributed by atoms with E-state index in [1.807, 2.05) is 0 Å². The predicted octanol–water partition coefficient (Wildman–Crippen LogP) is 3.01. The van der Waals surface area contributed by atoms with Crippen LogP contribution in [0.3, 0.4) is 0 Å². The van der Waals surface area contributed by atoms with Crippen molar-refractivity contribution in [2.45, 2.75) is 32.2 Å². The minimum Gasteiger partial charge on any atom is -0.508 e. The highest BCUT2D eigenvalue weighted by atomic mass is 35.5.